The molecule has 0 heterocycles. The third-order valence-corrected chi connectivity index (χ3v) is 4.50. The van der Waals surface area contributed by atoms with Crippen LogP contribution in [-0.4, -0.2) is 18.8 Å². The number of halogens is 1. The van der Waals surface area contributed by atoms with Crippen molar-refractivity contribution in [3.63, 3.8) is 0 Å². The van der Waals surface area contributed by atoms with Crippen molar-refractivity contribution < 1.29 is 14.3 Å². The van der Waals surface area contributed by atoms with Crippen LogP contribution in [0.15, 0.2) is 0 Å². The highest BCUT2D eigenvalue weighted by Crippen LogP contribution is 2.13. The predicted octanol–water partition coefficient (Wildman–Crippen LogP) is 7.60. The van der Waals surface area contributed by atoms with Gasteiger partial charge in [-0.3, -0.25) is 0 Å². The number of unbranched alkanes of at least 4 members (excludes halogenated alkanes) is 15. The summed E-state index contributed by atoms with van der Waals surface area (Å²) in [6.45, 7) is 2.71. The van der Waals surface area contributed by atoms with Gasteiger partial charge in [0.25, 0.3) is 0 Å². The first-order valence-electron chi connectivity index (χ1n) is 10.2. The summed E-state index contributed by atoms with van der Waals surface area (Å²) in [5.41, 5.74) is 0. The van der Waals surface area contributed by atoms with Gasteiger partial charge in [-0.2, -0.15) is 0 Å². The standard InChI is InChI=1S/C20H39ClO3/c1-2-3-4-5-6-7-8-9-10-11-12-13-14-15-16-17-18-23-20(22)24-19-21/h2-19H2,1H3. The summed E-state index contributed by atoms with van der Waals surface area (Å²) in [6, 6.07) is -0.141. The van der Waals surface area contributed by atoms with Crippen molar-refractivity contribution in [1.82, 2.24) is 0 Å². The number of carbonyl (C=O) groups excluding carboxylic acids is 1. The van der Waals surface area contributed by atoms with Crippen molar-refractivity contribution in [2.24, 2.45) is 0 Å². The largest absolute Gasteiger partial charge is 0.509 e. The van der Waals surface area contributed by atoms with E-state index < -0.39 is 6.16 Å². The predicted molar refractivity (Wildman–Crippen MR) is 103 cm³/mol. The lowest BCUT2D eigenvalue weighted by molar-refractivity contribution is 0.0664. The van der Waals surface area contributed by atoms with Gasteiger partial charge in [0.1, 0.15) is 0 Å². The van der Waals surface area contributed by atoms with E-state index in [2.05, 4.69) is 11.7 Å². The van der Waals surface area contributed by atoms with Gasteiger partial charge in [0.15, 0.2) is 6.07 Å². The van der Waals surface area contributed by atoms with Gasteiger partial charge in [0, 0.05) is 0 Å². The molecule has 0 bridgehead atoms. The molecule has 24 heavy (non-hydrogen) atoms. The van der Waals surface area contributed by atoms with Crippen LogP contribution < -0.4 is 0 Å². The molecule has 3 nitrogen and oxygen atoms in total. The Morgan fingerprint density at radius 2 is 1.00 bits per heavy atom. The summed E-state index contributed by atoms with van der Waals surface area (Å²) >= 11 is 5.25. The molecule has 0 amide bonds. The van der Waals surface area contributed by atoms with Gasteiger partial charge in [-0.1, -0.05) is 115 Å². The zero-order valence-corrected chi connectivity index (χ0v) is 16.6. The summed E-state index contributed by atoms with van der Waals surface area (Å²) in [6.07, 6.45) is 20.7. The Hall–Kier alpha value is -0.440. The Balaban J connectivity index is 3.01. The fourth-order valence-electron chi connectivity index (χ4n) is 2.89. The molecule has 0 saturated carbocycles. The van der Waals surface area contributed by atoms with Crippen LogP contribution in [0.4, 0.5) is 4.79 Å². The smallest absolute Gasteiger partial charge is 0.434 e. The Labute approximate surface area is 154 Å². The molecule has 0 aromatic carbocycles. The summed E-state index contributed by atoms with van der Waals surface area (Å²) in [4.78, 5) is 10.9. The molecule has 0 aromatic heterocycles. The van der Waals surface area contributed by atoms with Gasteiger partial charge < -0.3 is 9.47 Å². The number of rotatable bonds is 18. The Morgan fingerprint density at radius 3 is 1.38 bits per heavy atom. The minimum Gasteiger partial charge on any atom is -0.434 e. The first kappa shape index (κ1) is 23.6. The third kappa shape index (κ3) is 19.6. The fraction of sp³-hybridized carbons (Fsp3) is 0.950. The van der Waals surface area contributed by atoms with Gasteiger partial charge >= 0.3 is 6.16 Å². The van der Waals surface area contributed by atoms with Crippen molar-refractivity contribution in [3.8, 4) is 0 Å². The number of carbonyl (C=O) groups is 1. The lowest BCUT2D eigenvalue weighted by Crippen LogP contribution is -2.07. The fourth-order valence-corrected chi connectivity index (χ4v) is 2.98. The van der Waals surface area contributed by atoms with Crippen LogP contribution in [-0.2, 0) is 9.47 Å². The molecule has 0 unspecified atom stereocenters. The highest BCUT2D eigenvalue weighted by atomic mass is 35.5. The van der Waals surface area contributed by atoms with Crippen LogP contribution >= 0.6 is 11.6 Å². The molecule has 0 rings (SSSR count). The molecule has 4 heteroatoms. The van der Waals surface area contributed by atoms with Crippen molar-refractivity contribution in [1.29, 1.82) is 0 Å². The highest BCUT2D eigenvalue weighted by molar-refractivity contribution is 6.17. The number of alkyl halides is 1. The molecule has 0 aromatic rings. The molecule has 144 valence electrons. The second kappa shape index (κ2) is 20.6. The molecule has 0 atom stereocenters. The Bertz CT molecular complexity index is 259. The number of ether oxygens (including phenoxy) is 2. The number of hydrogen-bond acceptors (Lipinski definition) is 3. The molecule has 0 radical (unpaired) electrons. The lowest BCUT2D eigenvalue weighted by Gasteiger charge is -2.04. The summed E-state index contributed by atoms with van der Waals surface area (Å²) in [5.74, 6) is 0. The number of hydrogen-bond donors (Lipinski definition) is 0. The van der Waals surface area contributed by atoms with Crippen molar-refractivity contribution in [2.45, 2.75) is 110 Å². The van der Waals surface area contributed by atoms with E-state index in [1.807, 2.05) is 0 Å². The minimum absolute atomic E-state index is 0.141. The van der Waals surface area contributed by atoms with E-state index >= 15 is 0 Å². The van der Waals surface area contributed by atoms with Gasteiger partial charge in [0.05, 0.1) is 6.61 Å². The van der Waals surface area contributed by atoms with Crippen LogP contribution in [0.25, 0.3) is 0 Å². The highest BCUT2D eigenvalue weighted by Gasteiger charge is 2.01. The molecule has 0 fully saturated rings. The van der Waals surface area contributed by atoms with Crippen molar-refractivity contribution in [3.05, 3.63) is 0 Å². The van der Waals surface area contributed by atoms with E-state index in [0.29, 0.717) is 6.61 Å². The quantitative estimate of drug-likeness (QED) is 0.143. The van der Waals surface area contributed by atoms with Crippen molar-refractivity contribution in [2.75, 3.05) is 12.7 Å². The van der Waals surface area contributed by atoms with Crippen LogP contribution in [0.3, 0.4) is 0 Å². The summed E-state index contributed by atoms with van der Waals surface area (Å²) in [5, 5.41) is 0. The first-order chi connectivity index (χ1) is 11.8. The SMILES string of the molecule is CCCCCCCCCCCCCCCCCCOC(=O)OCCl. The van der Waals surface area contributed by atoms with E-state index in [1.165, 1.54) is 89.9 Å². The molecular formula is C20H39ClO3. The minimum atomic E-state index is -0.661. The van der Waals surface area contributed by atoms with E-state index in [1.54, 1.807) is 0 Å². The molecule has 0 aliphatic heterocycles. The van der Waals surface area contributed by atoms with Gasteiger partial charge in [-0.25, -0.2) is 4.79 Å². The lowest BCUT2D eigenvalue weighted by atomic mass is 10.0. The van der Waals surface area contributed by atoms with Crippen LogP contribution in [0.1, 0.15) is 110 Å². The topological polar surface area (TPSA) is 35.5 Å². The third-order valence-electron chi connectivity index (χ3n) is 4.39. The van der Waals surface area contributed by atoms with Crippen LogP contribution in [0, 0.1) is 0 Å². The molecule has 0 spiro atoms. The zero-order chi connectivity index (χ0) is 17.7. The second-order valence-electron chi connectivity index (χ2n) is 6.66. The van der Waals surface area contributed by atoms with Gasteiger partial charge in [-0.15, -0.1) is 0 Å². The van der Waals surface area contributed by atoms with Gasteiger partial charge in [-0.05, 0) is 6.42 Å². The molecule has 0 aliphatic rings. The molecule has 0 saturated heterocycles. The summed E-state index contributed by atoms with van der Waals surface area (Å²) < 4.78 is 9.33. The van der Waals surface area contributed by atoms with Crippen LogP contribution in [0.5, 0.6) is 0 Å². The van der Waals surface area contributed by atoms with Crippen LogP contribution in [0.2, 0.25) is 0 Å². The maximum atomic E-state index is 10.9. The zero-order valence-electron chi connectivity index (χ0n) is 15.8. The second-order valence-corrected chi connectivity index (χ2v) is 6.87. The van der Waals surface area contributed by atoms with E-state index in [-0.39, 0.29) is 6.07 Å². The molecule has 0 N–H and O–H groups in total. The first-order valence-corrected chi connectivity index (χ1v) is 10.7. The van der Waals surface area contributed by atoms with E-state index in [0.717, 1.165) is 12.8 Å². The monoisotopic (exact) mass is 362 g/mol. The molecule has 0 aliphatic carbocycles. The average Bonchev–Trinajstić information content (AvgIpc) is 2.58. The Kier molecular flexibility index (Phi) is 20.2. The Morgan fingerprint density at radius 1 is 0.625 bits per heavy atom. The molecular weight excluding hydrogens is 324 g/mol. The van der Waals surface area contributed by atoms with Crippen molar-refractivity contribution >= 4 is 17.8 Å². The van der Waals surface area contributed by atoms with E-state index in [9.17, 15) is 4.79 Å². The maximum absolute atomic E-state index is 10.9. The van der Waals surface area contributed by atoms with E-state index in [4.69, 9.17) is 16.3 Å². The summed E-state index contributed by atoms with van der Waals surface area (Å²) in [7, 11) is 0. The normalized spacial score (nSPS) is 10.8. The average molecular weight is 363 g/mol. The van der Waals surface area contributed by atoms with Gasteiger partial charge in [0.2, 0.25) is 0 Å². The maximum Gasteiger partial charge on any atom is 0.509 e.